The van der Waals surface area contributed by atoms with Crippen molar-refractivity contribution in [2.24, 2.45) is 0 Å². The van der Waals surface area contributed by atoms with E-state index in [0.717, 1.165) is 12.8 Å². The van der Waals surface area contributed by atoms with E-state index in [4.69, 9.17) is 11.6 Å². The van der Waals surface area contributed by atoms with Gasteiger partial charge in [0.15, 0.2) is 0 Å². The van der Waals surface area contributed by atoms with Crippen molar-refractivity contribution in [3.05, 3.63) is 21.9 Å². The molecule has 1 heterocycles. The highest BCUT2D eigenvalue weighted by molar-refractivity contribution is 7.10. The van der Waals surface area contributed by atoms with E-state index in [9.17, 15) is 0 Å². The zero-order chi connectivity index (χ0) is 8.27. The van der Waals surface area contributed by atoms with Crippen LogP contribution in [0, 0.1) is 6.92 Å². The Hall–Kier alpha value is -0.0100. The van der Waals surface area contributed by atoms with Crippen molar-refractivity contribution in [3.8, 4) is 0 Å². The molecule has 0 bridgehead atoms. The minimum absolute atomic E-state index is 0.312. The topological polar surface area (TPSA) is 0 Å². The summed E-state index contributed by atoms with van der Waals surface area (Å²) < 4.78 is 0. The van der Waals surface area contributed by atoms with E-state index < -0.39 is 0 Å². The Morgan fingerprint density at radius 3 is 2.82 bits per heavy atom. The smallest absolute Gasteiger partial charge is 0.0381 e. The molecule has 1 rings (SSSR count). The molecule has 1 unspecified atom stereocenters. The minimum Gasteiger partial charge on any atom is -0.149 e. The molecule has 0 nitrogen and oxygen atoms in total. The molecule has 11 heavy (non-hydrogen) atoms. The number of alkyl halides is 1. The number of hydrogen-bond acceptors (Lipinski definition) is 1. The number of aryl methyl sites for hydroxylation is 1. The van der Waals surface area contributed by atoms with Gasteiger partial charge in [-0.2, -0.15) is 0 Å². The molecule has 0 saturated carbocycles. The van der Waals surface area contributed by atoms with Crippen LogP contribution < -0.4 is 0 Å². The van der Waals surface area contributed by atoms with Crippen LogP contribution in [0.3, 0.4) is 0 Å². The Labute approximate surface area is 77.2 Å². The van der Waals surface area contributed by atoms with Crippen LogP contribution in [0.15, 0.2) is 11.4 Å². The van der Waals surface area contributed by atoms with Gasteiger partial charge in [-0.3, -0.25) is 0 Å². The highest BCUT2D eigenvalue weighted by atomic mass is 35.5. The summed E-state index contributed by atoms with van der Waals surface area (Å²) in [5.41, 5.74) is 1.38. The first-order valence-corrected chi connectivity index (χ1v) is 5.22. The predicted octanol–water partition coefficient (Wildman–Crippen LogP) is 3.62. The first-order chi connectivity index (χ1) is 5.24. The Kier molecular flexibility index (Phi) is 3.41. The van der Waals surface area contributed by atoms with E-state index in [1.165, 1.54) is 10.4 Å². The standard InChI is InChI=1S/C9H13ClS/c1-3-8(10)6-9-7(2)4-5-11-9/h4-5,8H,3,6H2,1-2H3. The van der Waals surface area contributed by atoms with Crippen molar-refractivity contribution < 1.29 is 0 Å². The van der Waals surface area contributed by atoms with Gasteiger partial charge in [-0.05, 0) is 36.8 Å². The van der Waals surface area contributed by atoms with Crippen LogP contribution in [-0.4, -0.2) is 5.38 Å². The third kappa shape index (κ3) is 2.49. The lowest BCUT2D eigenvalue weighted by molar-refractivity contribution is 0.811. The Morgan fingerprint density at radius 1 is 1.64 bits per heavy atom. The maximum absolute atomic E-state index is 6.04. The zero-order valence-electron chi connectivity index (χ0n) is 6.93. The zero-order valence-corrected chi connectivity index (χ0v) is 8.50. The third-order valence-electron chi connectivity index (χ3n) is 1.82. The molecular formula is C9H13ClS. The molecule has 1 aromatic heterocycles. The fourth-order valence-electron chi connectivity index (χ4n) is 0.959. The third-order valence-corrected chi connectivity index (χ3v) is 3.33. The highest BCUT2D eigenvalue weighted by Crippen LogP contribution is 2.20. The summed E-state index contributed by atoms with van der Waals surface area (Å²) in [6, 6.07) is 2.15. The fourth-order valence-corrected chi connectivity index (χ4v) is 2.19. The Morgan fingerprint density at radius 2 is 2.36 bits per heavy atom. The van der Waals surface area contributed by atoms with Gasteiger partial charge in [0.05, 0.1) is 0 Å². The van der Waals surface area contributed by atoms with Gasteiger partial charge < -0.3 is 0 Å². The molecule has 62 valence electrons. The van der Waals surface area contributed by atoms with Crippen LogP contribution in [-0.2, 0) is 6.42 Å². The monoisotopic (exact) mass is 188 g/mol. The summed E-state index contributed by atoms with van der Waals surface area (Å²) >= 11 is 7.84. The van der Waals surface area contributed by atoms with Crippen LogP contribution in [0.5, 0.6) is 0 Å². The highest BCUT2D eigenvalue weighted by Gasteiger charge is 2.05. The predicted molar refractivity (Wildman–Crippen MR) is 52.7 cm³/mol. The van der Waals surface area contributed by atoms with E-state index in [0.29, 0.717) is 5.38 Å². The maximum atomic E-state index is 6.04. The molecular weight excluding hydrogens is 176 g/mol. The Bertz CT molecular complexity index is 217. The first-order valence-electron chi connectivity index (χ1n) is 3.91. The van der Waals surface area contributed by atoms with Crippen LogP contribution >= 0.6 is 22.9 Å². The molecule has 0 saturated heterocycles. The lowest BCUT2D eigenvalue weighted by atomic mass is 10.2. The van der Waals surface area contributed by atoms with E-state index in [-0.39, 0.29) is 0 Å². The number of thiophene rings is 1. The average molecular weight is 189 g/mol. The minimum atomic E-state index is 0.312. The van der Waals surface area contributed by atoms with Gasteiger partial charge >= 0.3 is 0 Å². The van der Waals surface area contributed by atoms with Gasteiger partial charge in [-0.1, -0.05) is 6.92 Å². The number of halogens is 1. The summed E-state index contributed by atoms with van der Waals surface area (Å²) in [6.07, 6.45) is 2.08. The van der Waals surface area contributed by atoms with Crippen molar-refractivity contribution in [2.45, 2.75) is 32.1 Å². The Balaban J connectivity index is 2.56. The van der Waals surface area contributed by atoms with Crippen LogP contribution in [0.25, 0.3) is 0 Å². The molecule has 0 radical (unpaired) electrons. The van der Waals surface area contributed by atoms with Gasteiger partial charge in [0.25, 0.3) is 0 Å². The summed E-state index contributed by atoms with van der Waals surface area (Å²) in [4.78, 5) is 1.44. The van der Waals surface area contributed by atoms with Crippen LogP contribution in [0.4, 0.5) is 0 Å². The lowest BCUT2D eigenvalue weighted by Gasteiger charge is -2.04. The van der Waals surface area contributed by atoms with Crippen LogP contribution in [0.1, 0.15) is 23.8 Å². The molecule has 0 aliphatic rings. The summed E-state index contributed by atoms with van der Waals surface area (Å²) in [6.45, 7) is 4.27. The fraction of sp³-hybridized carbons (Fsp3) is 0.556. The van der Waals surface area contributed by atoms with Crippen molar-refractivity contribution in [1.29, 1.82) is 0 Å². The van der Waals surface area contributed by atoms with Gasteiger partial charge in [0.1, 0.15) is 0 Å². The maximum Gasteiger partial charge on any atom is 0.0381 e. The molecule has 0 aliphatic heterocycles. The SMILES string of the molecule is CCC(Cl)Cc1sccc1C. The molecule has 0 amide bonds. The molecule has 2 heteroatoms. The van der Waals surface area contributed by atoms with Gasteiger partial charge in [-0.15, -0.1) is 22.9 Å². The van der Waals surface area contributed by atoms with Crippen molar-refractivity contribution in [3.63, 3.8) is 0 Å². The quantitative estimate of drug-likeness (QED) is 0.636. The van der Waals surface area contributed by atoms with E-state index >= 15 is 0 Å². The largest absolute Gasteiger partial charge is 0.149 e. The average Bonchev–Trinajstić information content (AvgIpc) is 2.37. The molecule has 0 spiro atoms. The first kappa shape index (κ1) is 9.08. The second kappa shape index (κ2) is 4.13. The van der Waals surface area contributed by atoms with Crippen molar-refractivity contribution >= 4 is 22.9 Å². The normalized spacial score (nSPS) is 13.4. The molecule has 0 N–H and O–H groups in total. The lowest BCUT2D eigenvalue weighted by Crippen LogP contribution is -1.99. The van der Waals surface area contributed by atoms with Gasteiger partial charge in [0.2, 0.25) is 0 Å². The molecule has 0 fully saturated rings. The number of hydrogen-bond donors (Lipinski definition) is 0. The molecule has 0 aliphatic carbocycles. The second-order valence-corrected chi connectivity index (χ2v) is 4.35. The van der Waals surface area contributed by atoms with Crippen LogP contribution in [0.2, 0.25) is 0 Å². The molecule has 0 aromatic carbocycles. The summed E-state index contributed by atoms with van der Waals surface area (Å²) in [5.74, 6) is 0. The summed E-state index contributed by atoms with van der Waals surface area (Å²) in [5, 5.41) is 2.44. The van der Waals surface area contributed by atoms with Gasteiger partial charge in [-0.25, -0.2) is 0 Å². The molecule has 1 aromatic rings. The second-order valence-electron chi connectivity index (χ2n) is 2.74. The summed E-state index contributed by atoms with van der Waals surface area (Å²) in [7, 11) is 0. The van der Waals surface area contributed by atoms with E-state index in [2.05, 4.69) is 25.3 Å². The van der Waals surface area contributed by atoms with E-state index in [1.54, 1.807) is 0 Å². The van der Waals surface area contributed by atoms with E-state index in [1.807, 2.05) is 11.3 Å². The molecule has 1 atom stereocenters. The van der Waals surface area contributed by atoms with Crippen molar-refractivity contribution in [2.75, 3.05) is 0 Å². The van der Waals surface area contributed by atoms with Gasteiger partial charge in [0, 0.05) is 10.3 Å². The number of rotatable bonds is 3. The van der Waals surface area contributed by atoms with Crippen molar-refractivity contribution in [1.82, 2.24) is 0 Å².